The van der Waals surface area contributed by atoms with Crippen molar-refractivity contribution in [2.45, 2.75) is 52.0 Å². The Morgan fingerprint density at radius 3 is 2.60 bits per heavy atom. The predicted octanol–water partition coefficient (Wildman–Crippen LogP) is 2.66. The van der Waals surface area contributed by atoms with Gasteiger partial charge in [-0.15, -0.1) is 0 Å². The van der Waals surface area contributed by atoms with E-state index in [0.717, 1.165) is 19.4 Å². The average molecular weight is 233 g/mol. The van der Waals surface area contributed by atoms with Crippen LogP contribution >= 0.6 is 11.8 Å². The number of hydrogen-bond acceptors (Lipinski definition) is 3. The summed E-state index contributed by atoms with van der Waals surface area (Å²) in [6.45, 7) is 5.95. The highest BCUT2D eigenvalue weighted by molar-refractivity contribution is 7.99. The summed E-state index contributed by atoms with van der Waals surface area (Å²) in [6.07, 6.45) is 5.88. The molecular formula is C12H27NOS. The second-order valence-corrected chi connectivity index (χ2v) is 5.37. The first-order valence-electron chi connectivity index (χ1n) is 6.23. The van der Waals surface area contributed by atoms with E-state index in [4.69, 9.17) is 5.11 Å². The van der Waals surface area contributed by atoms with Crippen LogP contribution in [0.3, 0.4) is 0 Å². The topological polar surface area (TPSA) is 32.3 Å². The third-order valence-electron chi connectivity index (χ3n) is 2.48. The van der Waals surface area contributed by atoms with Gasteiger partial charge in [-0.05, 0) is 44.2 Å². The Bertz CT molecular complexity index is 122. The third-order valence-corrected chi connectivity index (χ3v) is 3.41. The van der Waals surface area contributed by atoms with Crippen molar-refractivity contribution in [2.75, 3.05) is 24.7 Å². The van der Waals surface area contributed by atoms with Gasteiger partial charge in [0.15, 0.2) is 0 Å². The maximum Gasteiger partial charge on any atom is 0.0431 e. The first-order chi connectivity index (χ1) is 7.31. The molecule has 0 aliphatic carbocycles. The Morgan fingerprint density at radius 1 is 1.20 bits per heavy atom. The monoisotopic (exact) mass is 233 g/mol. The summed E-state index contributed by atoms with van der Waals surface area (Å²) in [5.41, 5.74) is 0. The summed E-state index contributed by atoms with van der Waals surface area (Å²) in [6, 6.07) is 0.655. The molecule has 0 radical (unpaired) electrons. The summed E-state index contributed by atoms with van der Waals surface area (Å²) >= 11 is 2.02. The first-order valence-corrected chi connectivity index (χ1v) is 7.38. The lowest BCUT2D eigenvalue weighted by atomic mass is 10.2. The molecule has 0 aromatic rings. The van der Waals surface area contributed by atoms with E-state index >= 15 is 0 Å². The van der Waals surface area contributed by atoms with Crippen LogP contribution in [-0.4, -0.2) is 35.8 Å². The maximum atomic E-state index is 8.61. The predicted molar refractivity (Wildman–Crippen MR) is 70.6 cm³/mol. The lowest BCUT2D eigenvalue weighted by molar-refractivity contribution is 0.282. The van der Waals surface area contributed by atoms with Crippen LogP contribution in [0.5, 0.6) is 0 Å². The Morgan fingerprint density at radius 2 is 1.93 bits per heavy atom. The lowest BCUT2D eigenvalue weighted by Gasteiger charge is -2.12. The molecule has 0 saturated heterocycles. The average Bonchev–Trinajstić information content (AvgIpc) is 2.23. The summed E-state index contributed by atoms with van der Waals surface area (Å²) in [5.74, 6) is 2.50. The molecule has 0 aromatic carbocycles. The van der Waals surface area contributed by atoms with Crippen molar-refractivity contribution in [2.24, 2.45) is 0 Å². The van der Waals surface area contributed by atoms with Crippen molar-refractivity contribution in [1.29, 1.82) is 0 Å². The van der Waals surface area contributed by atoms with Crippen molar-refractivity contribution in [1.82, 2.24) is 5.32 Å². The molecule has 2 N–H and O–H groups in total. The van der Waals surface area contributed by atoms with Gasteiger partial charge in [0.05, 0.1) is 0 Å². The van der Waals surface area contributed by atoms with E-state index in [1.54, 1.807) is 0 Å². The molecule has 0 aliphatic heterocycles. The zero-order valence-electron chi connectivity index (χ0n) is 10.3. The number of thioether (sulfide) groups is 1. The van der Waals surface area contributed by atoms with Crippen LogP contribution in [0.25, 0.3) is 0 Å². The van der Waals surface area contributed by atoms with Gasteiger partial charge in [-0.3, -0.25) is 0 Å². The lowest BCUT2D eigenvalue weighted by Crippen LogP contribution is -2.27. The maximum absolute atomic E-state index is 8.61. The molecule has 0 aliphatic rings. The molecule has 0 bridgehead atoms. The standard InChI is InChI=1S/C12H27NOS/c1-3-15-11-8-12(2)13-9-6-4-5-7-10-14/h12-14H,3-11H2,1-2H3. The Kier molecular flexibility index (Phi) is 12.6. The highest BCUT2D eigenvalue weighted by Gasteiger charge is 1.99. The molecule has 0 amide bonds. The smallest absolute Gasteiger partial charge is 0.0431 e. The number of aliphatic hydroxyl groups excluding tert-OH is 1. The van der Waals surface area contributed by atoms with Crippen LogP contribution in [0.2, 0.25) is 0 Å². The van der Waals surface area contributed by atoms with Crippen LogP contribution in [0, 0.1) is 0 Å². The van der Waals surface area contributed by atoms with Crippen molar-refractivity contribution < 1.29 is 5.11 Å². The molecule has 0 heterocycles. The molecular weight excluding hydrogens is 206 g/mol. The zero-order chi connectivity index (χ0) is 11.4. The largest absolute Gasteiger partial charge is 0.396 e. The zero-order valence-corrected chi connectivity index (χ0v) is 11.1. The van der Waals surface area contributed by atoms with Crippen LogP contribution < -0.4 is 5.32 Å². The molecule has 0 saturated carbocycles. The Labute approximate surface area is 99.2 Å². The molecule has 0 aromatic heterocycles. The van der Waals surface area contributed by atoms with Crippen LogP contribution in [0.15, 0.2) is 0 Å². The second-order valence-electron chi connectivity index (χ2n) is 3.98. The van der Waals surface area contributed by atoms with E-state index in [1.807, 2.05) is 11.8 Å². The number of nitrogens with one attached hydrogen (secondary N) is 1. The number of unbranched alkanes of at least 4 members (excludes halogenated alkanes) is 3. The summed E-state index contributed by atoms with van der Waals surface area (Å²) in [4.78, 5) is 0. The van der Waals surface area contributed by atoms with Gasteiger partial charge in [-0.2, -0.15) is 11.8 Å². The van der Waals surface area contributed by atoms with Crippen molar-refractivity contribution >= 4 is 11.8 Å². The van der Waals surface area contributed by atoms with E-state index in [0.29, 0.717) is 12.6 Å². The minimum absolute atomic E-state index is 0.345. The van der Waals surface area contributed by atoms with Crippen LogP contribution in [0.4, 0.5) is 0 Å². The van der Waals surface area contributed by atoms with Crippen LogP contribution in [-0.2, 0) is 0 Å². The minimum atomic E-state index is 0.345. The fourth-order valence-electron chi connectivity index (χ4n) is 1.45. The highest BCUT2D eigenvalue weighted by Crippen LogP contribution is 2.04. The van der Waals surface area contributed by atoms with E-state index in [-0.39, 0.29) is 0 Å². The molecule has 1 atom stereocenters. The number of hydrogen-bond donors (Lipinski definition) is 2. The van der Waals surface area contributed by atoms with Crippen molar-refractivity contribution in [3.63, 3.8) is 0 Å². The number of rotatable bonds is 11. The van der Waals surface area contributed by atoms with Gasteiger partial charge >= 0.3 is 0 Å². The quantitative estimate of drug-likeness (QED) is 0.538. The van der Waals surface area contributed by atoms with Crippen LogP contribution in [0.1, 0.15) is 46.0 Å². The fraction of sp³-hybridized carbons (Fsp3) is 1.00. The van der Waals surface area contributed by atoms with Gasteiger partial charge in [0.25, 0.3) is 0 Å². The van der Waals surface area contributed by atoms with Gasteiger partial charge < -0.3 is 10.4 Å². The molecule has 2 nitrogen and oxygen atoms in total. The minimum Gasteiger partial charge on any atom is -0.396 e. The molecule has 15 heavy (non-hydrogen) atoms. The molecule has 1 unspecified atom stereocenters. The molecule has 0 fully saturated rings. The molecule has 0 rings (SSSR count). The summed E-state index contributed by atoms with van der Waals surface area (Å²) < 4.78 is 0. The van der Waals surface area contributed by atoms with E-state index in [2.05, 4.69) is 19.2 Å². The van der Waals surface area contributed by atoms with Gasteiger partial charge in [-0.25, -0.2) is 0 Å². The Balaban J connectivity index is 3.06. The fourth-order valence-corrected chi connectivity index (χ4v) is 2.25. The molecule has 3 heteroatoms. The SMILES string of the molecule is CCSCCC(C)NCCCCCCO. The normalized spacial score (nSPS) is 13.0. The van der Waals surface area contributed by atoms with Crippen molar-refractivity contribution in [3.05, 3.63) is 0 Å². The van der Waals surface area contributed by atoms with E-state index < -0.39 is 0 Å². The summed E-state index contributed by atoms with van der Waals surface area (Å²) in [7, 11) is 0. The molecule has 92 valence electrons. The van der Waals surface area contributed by atoms with E-state index in [9.17, 15) is 0 Å². The first kappa shape index (κ1) is 15.3. The Hall–Kier alpha value is 0.270. The van der Waals surface area contributed by atoms with Gasteiger partial charge in [0.2, 0.25) is 0 Å². The number of aliphatic hydroxyl groups is 1. The van der Waals surface area contributed by atoms with Gasteiger partial charge in [0.1, 0.15) is 0 Å². The van der Waals surface area contributed by atoms with E-state index in [1.165, 1.54) is 30.8 Å². The molecule has 0 spiro atoms. The second kappa shape index (κ2) is 12.3. The highest BCUT2D eigenvalue weighted by atomic mass is 32.2. The third kappa shape index (κ3) is 12.2. The van der Waals surface area contributed by atoms with Gasteiger partial charge in [0, 0.05) is 12.6 Å². The summed E-state index contributed by atoms with van der Waals surface area (Å²) in [5, 5.41) is 12.2. The van der Waals surface area contributed by atoms with Crippen molar-refractivity contribution in [3.8, 4) is 0 Å². The van der Waals surface area contributed by atoms with Gasteiger partial charge in [-0.1, -0.05) is 19.8 Å².